The molecule has 0 aromatic heterocycles. The first-order valence-electron chi connectivity index (χ1n) is 6.04. The van der Waals surface area contributed by atoms with Gasteiger partial charge in [-0.15, -0.1) is 0 Å². The molecule has 0 bridgehead atoms. The Bertz CT molecular complexity index is 387. The number of hydrogen-bond donors (Lipinski definition) is 2. The summed E-state index contributed by atoms with van der Waals surface area (Å²) in [5.74, 6) is 0.310. The Morgan fingerprint density at radius 3 is 2.76 bits per heavy atom. The minimum Gasteiger partial charge on any atom is -0.398 e. The van der Waals surface area contributed by atoms with Crippen molar-refractivity contribution in [2.24, 2.45) is 5.92 Å². The van der Waals surface area contributed by atoms with E-state index in [0.29, 0.717) is 23.8 Å². The molecule has 1 saturated carbocycles. The molecule has 0 heterocycles. The highest BCUT2D eigenvalue weighted by molar-refractivity contribution is 5.98. The van der Waals surface area contributed by atoms with E-state index in [1.807, 2.05) is 0 Å². The molecule has 1 aliphatic carbocycles. The molecule has 1 aliphatic rings. The Hall–Kier alpha value is -1.55. The number of carbonyl (C=O) groups is 1. The number of amides is 1. The maximum atomic E-state index is 11.7. The smallest absolute Gasteiger partial charge is 0.276 e. The summed E-state index contributed by atoms with van der Waals surface area (Å²) in [6.07, 6.45) is 4.94. The van der Waals surface area contributed by atoms with E-state index in [0.717, 1.165) is 0 Å². The van der Waals surface area contributed by atoms with E-state index >= 15 is 0 Å². The van der Waals surface area contributed by atoms with Crippen LogP contribution in [-0.2, 0) is 4.84 Å². The molecule has 4 heteroatoms. The Morgan fingerprint density at radius 1 is 1.35 bits per heavy atom. The van der Waals surface area contributed by atoms with Crippen molar-refractivity contribution in [1.82, 2.24) is 5.48 Å². The van der Waals surface area contributed by atoms with E-state index in [4.69, 9.17) is 10.6 Å². The summed E-state index contributed by atoms with van der Waals surface area (Å²) in [5.41, 5.74) is 9.07. The monoisotopic (exact) mass is 234 g/mol. The van der Waals surface area contributed by atoms with Crippen molar-refractivity contribution in [2.45, 2.75) is 25.7 Å². The van der Waals surface area contributed by atoms with Crippen LogP contribution in [0.3, 0.4) is 0 Å². The minimum atomic E-state index is -0.277. The van der Waals surface area contributed by atoms with E-state index in [9.17, 15) is 4.79 Å². The topological polar surface area (TPSA) is 64.4 Å². The van der Waals surface area contributed by atoms with Crippen molar-refractivity contribution in [1.29, 1.82) is 0 Å². The van der Waals surface area contributed by atoms with Gasteiger partial charge in [-0.2, -0.15) is 0 Å². The zero-order chi connectivity index (χ0) is 12.1. The first-order valence-corrected chi connectivity index (χ1v) is 6.04. The fourth-order valence-corrected chi connectivity index (χ4v) is 2.16. The number of para-hydroxylation sites is 1. The summed E-state index contributed by atoms with van der Waals surface area (Å²) in [6, 6.07) is 6.96. The third kappa shape index (κ3) is 3.20. The van der Waals surface area contributed by atoms with Crippen molar-refractivity contribution in [2.75, 3.05) is 12.3 Å². The van der Waals surface area contributed by atoms with E-state index < -0.39 is 0 Å². The van der Waals surface area contributed by atoms with Gasteiger partial charge in [0, 0.05) is 5.69 Å². The van der Waals surface area contributed by atoms with Crippen molar-refractivity contribution >= 4 is 11.6 Å². The second kappa shape index (κ2) is 5.68. The summed E-state index contributed by atoms with van der Waals surface area (Å²) < 4.78 is 0. The summed E-state index contributed by atoms with van der Waals surface area (Å²) in [5, 5.41) is 0. The maximum Gasteiger partial charge on any atom is 0.276 e. The van der Waals surface area contributed by atoms with Crippen molar-refractivity contribution in [3.63, 3.8) is 0 Å². The van der Waals surface area contributed by atoms with Crippen LogP contribution >= 0.6 is 0 Å². The number of nitrogen functional groups attached to an aromatic ring is 1. The van der Waals surface area contributed by atoms with Gasteiger partial charge in [-0.05, 0) is 30.9 Å². The zero-order valence-corrected chi connectivity index (χ0v) is 9.82. The van der Waals surface area contributed by atoms with Gasteiger partial charge >= 0.3 is 0 Å². The molecule has 0 radical (unpaired) electrons. The normalized spacial score (nSPS) is 16.0. The second-order valence-electron chi connectivity index (χ2n) is 4.48. The molecular formula is C13H18N2O2. The van der Waals surface area contributed by atoms with Gasteiger partial charge in [0.1, 0.15) is 0 Å². The Balaban J connectivity index is 1.79. The highest BCUT2D eigenvalue weighted by Crippen LogP contribution is 2.24. The number of nitrogens with two attached hydrogens (primary N) is 1. The van der Waals surface area contributed by atoms with Crippen LogP contribution in [0.25, 0.3) is 0 Å². The average Bonchev–Trinajstić information content (AvgIpc) is 2.82. The van der Waals surface area contributed by atoms with Crippen molar-refractivity contribution < 1.29 is 9.63 Å². The Kier molecular flexibility index (Phi) is 3.98. The van der Waals surface area contributed by atoms with E-state index in [-0.39, 0.29) is 5.91 Å². The minimum absolute atomic E-state index is 0.277. The van der Waals surface area contributed by atoms with Gasteiger partial charge < -0.3 is 5.73 Å². The largest absolute Gasteiger partial charge is 0.398 e. The summed E-state index contributed by atoms with van der Waals surface area (Å²) in [4.78, 5) is 17.0. The molecule has 92 valence electrons. The van der Waals surface area contributed by atoms with Gasteiger partial charge in [0.2, 0.25) is 0 Å². The molecular weight excluding hydrogens is 216 g/mol. The van der Waals surface area contributed by atoms with Crippen molar-refractivity contribution in [3.8, 4) is 0 Å². The summed E-state index contributed by atoms with van der Waals surface area (Å²) >= 11 is 0. The van der Waals surface area contributed by atoms with Crippen LogP contribution in [0.15, 0.2) is 24.3 Å². The van der Waals surface area contributed by atoms with E-state index in [1.54, 1.807) is 24.3 Å². The number of rotatable bonds is 4. The van der Waals surface area contributed by atoms with Gasteiger partial charge in [-0.1, -0.05) is 25.0 Å². The molecule has 4 nitrogen and oxygen atoms in total. The molecule has 0 spiro atoms. The third-order valence-corrected chi connectivity index (χ3v) is 3.16. The molecule has 3 N–H and O–H groups in total. The number of carbonyl (C=O) groups excluding carboxylic acids is 1. The highest BCUT2D eigenvalue weighted by Gasteiger charge is 2.16. The van der Waals surface area contributed by atoms with Crippen LogP contribution in [0.5, 0.6) is 0 Å². The molecule has 1 fully saturated rings. The van der Waals surface area contributed by atoms with Gasteiger partial charge in [-0.25, -0.2) is 5.48 Å². The quantitative estimate of drug-likeness (QED) is 0.619. The second-order valence-corrected chi connectivity index (χ2v) is 4.48. The molecule has 1 aromatic carbocycles. The molecule has 0 atom stereocenters. The number of nitrogens with one attached hydrogen (secondary N) is 1. The SMILES string of the molecule is Nc1ccccc1C(=O)NOCC1CCCC1. The molecule has 17 heavy (non-hydrogen) atoms. The van der Waals surface area contributed by atoms with Crippen LogP contribution in [-0.4, -0.2) is 12.5 Å². The standard InChI is InChI=1S/C13H18N2O2/c14-12-8-4-3-7-11(12)13(16)15-17-9-10-5-1-2-6-10/h3-4,7-8,10H,1-2,5-6,9,14H2,(H,15,16). The molecule has 0 aliphatic heterocycles. The van der Waals surface area contributed by atoms with Crippen LogP contribution in [0.4, 0.5) is 5.69 Å². The number of hydroxylamine groups is 1. The fraction of sp³-hybridized carbons (Fsp3) is 0.462. The lowest BCUT2D eigenvalue weighted by Gasteiger charge is -2.11. The predicted octanol–water partition coefficient (Wildman–Crippen LogP) is 2.12. The first kappa shape index (κ1) is 11.9. The molecule has 1 aromatic rings. The van der Waals surface area contributed by atoms with Gasteiger partial charge in [-0.3, -0.25) is 9.63 Å². The molecule has 2 rings (SSSR count). The third-order valence-electron chi connectivity index (χ3n) is 3.16. The summed E-state index contributed by atoms with van der Waals surface area (Å²) in [7, 11) is 0. The lowest BCUT2D eigenvalue weighted by atomic mass is 10.1. The number of benzene rings is 1. The van der Waals surface area contributed by atoms with Crippen LogP contribution in [0.2, 0.25) is 0 Å². The average molecular weight is 234 g/mol. The number of hydrogen-bond acceptors (Lipinski definition) is 3. The van der Waals surface area contributed by atoms with Crippen molar-refractivity contribution in [3.05, 3.63) is 29.8 Å². The molecule has 0 unspecified atom stereocenters. The maximum absolute atomic E-state index is 11.7. The van der Waals surface area contributed by atoms with Gasteiger partial charge in [0.15, 0.2) is 0 Å². The lowest BCUT2D eigenvalue weighted by Crippen LogP contribution is -2.26. The Labute approximate surface area is 101 Å². The van der Waals surface area contributed by atoms with Crippen LogP contribution < -0.4 is 11.2 Å². The molecule has 0 saturated heterocycles. The fourth-order valence-electron chi connectivity index (χ4n) is 2.16. The van der Waals surface area contributed by atoms with Crippen LogP contribution in [0.1, 0.15) is 36.0 Å². The Morgan fingerprint density at radius 2 is 2.06 bits per heavy atom. The zero-order valence-electron chi connectivity index (χ0n) is 9.82. The highest BCUT2D eigenvalue weighted by atomic mass is 16.6. The predicted molar refractivity (Wildman–Crippen MR) is 66.2 cm³/mol. The number of anilines is 1. The van der Waals surface area contributed by atoms with E-state index in [2.05, 4.69) is 5.48 Å². The molecule has 1 amide bonds. The van der Waals surface area contributed by atoms with Gasteiger partial charge in [0.25, 0.3) is 5.91 Å². The van der Waals surface area contributed by atoms with Crippen LogP contribution in [0, 0.1) is 5.92 Å². The lowest BCUT2D eigenvalue weighted by molar-refractivity contribution is 0.0172. The summed E-state index contributed by atoms with van der Waals surface area (Å²) in [6.45, 7) is 0.596. The van der Waals surface area contributed by atoms with Gasteiger partial charge in [0.05, 0.1) is 12.2 Å². The first-order chi connectivity index (χ1) is 8.27. The van der Waals surface area contributed by atoms with E-state index in [1.165, 1.54) is 25.7 Å².